The molecule has 0 spiro atoms. The van der Waals surface area contributed by atoms with Crippen molar-refractivity contribution < 1.29 is 0 Å². The van der Waals surface area contributed by atoms with Crippen LogP contribution in [0.5, 0.6) is 0 Å². The minimum Gasteiger partial charge on any atom is -0.0804 e. The second kappa shape index (κ2) is 5.71. The van der Waals surface area contributed by atoms with E-state index < -0.39 is 0 Å². The van der Waals surface area contributed by atoms with Crippen LogP contribution in [-0.4, -0.2) is 0 Å². The first kappa shape index (κ1) is 17.3. The van der Waals surface area contributed by atoms with Gasteiger partial charge >= 0.3 is 0 Å². The van der Waals surface area contributed by atoms with Gasteiger partial charge in [-0.1, -0.05) is 96.2 Å². The van der Waals surface area contributed by atoms with Crippen LogP contribution in [0.4, 0.5) is 0 Å². The number of allylic oxidation sites excluding steroid dienone is 4. The Balaban J connectivity index is 2.10. The van der Waals surface area contributed by atoms with Crippen molar-refractivity contribution in [3.63, 3.8) is 0 Å². The second-order valence-corrected chi connectivity index (χ2v) is 9.81. The van der Waals surface area contributed by atoms with E-state index in [4.69, 9.17) is 0 Å². The third-order valence-corrected chi connectivity index (χ3v) is 5.79. The normalized spacial score (nSPS) is 18.7. The molecule has 2 aromatic carbocycles. The zero-order chi connectivity index (χ0) is 18.7. The summed E-state index contributed by atoms with van der Waals surface area (Å²) in [4.78, 5) is 0. The van der Waals surface area contributed by atoms with Crippen molar-refractivity contribution >= 4 is 0 Å². The Kier molecular flexibility index (Phi) is 3.81. The molecule has 0 aromatic heterocycles. The van der Waals surface area contributed by atoms with E-state index in [2.05, 4.69) is 96.2 Å². The first-order valence-electron chi connectivity index (χ1n) is 9.83. The van der Waals surface area contributed by atoms with Crippen molar-refractivity contribution in [2.45, 2.75) is 64.7 Å². The fraction of sp³-hybridized carbons (Fsp3) is 0.385. The molecule has 1 atom stereocenters. The van der Waals surface area contributed by atoms with E-state index in [0.717, 1.165) is 6.42 Å². The van der Waals surface area contributed by atoms with E-state index in [9.17, 15) is 0 Å². The van der Waals surface area contributed by atoms with E-state index >= 15 is 0 Å². The Bertz CT molecular complexity index is 923. The number of rotatable bonds is 1. The summed E-state index contributed by atoms with van der Waals surface area (Å²) in [6.45, 7) is 14.1. The van der Waals surface area contributed by atoms with Crippen molar-refractivity contribution in [3.8, 4) is 11.1 Å². The lowest BCUT2D eigenvalue weighted by molar-refractivity contribution is 0.525. The lowest BCUT2D eigenvalue weighted by Gasteiger charge is -2.34. The maximum absolute atomic E-state index is 2.41. The lowest BCUT2D eigenvalue weighted by Crippen LogP contribution is -2.24. The molecule has 0 heterocycles. The summed E-state index contributed by atoms with van der Waals surface area (Å²) in [7, 11) is 0. The molecule has 0 fully saturated rings. The van der Waals surface area contributed by atoms with Crippen LogP contribution in [0.1, 0.15) is 76.1 Å². The van der Waals surface area contributed by atoms with Crippen LogP contribution >= 0.6 is 0 Å². The third kappa shape index (κ3) is 2.58. The van der Waals surface area contributed by atoms with Gasteiger partial charge in [0.25, 0.3) is 0 Å². The molecule has 0 aliphatic heterocycles. The third-order valence-electron chi connectivity index (χ3n) is 5.79. The number of benzene rings is 2. The van der Waals surface area contributed by atoms with Crippen LogP contribution in [0, 0.1) is 0 Å². The Labute approximate surface area is 158 Å². The molecule has 2 aromatic rings. The first-order chi connectivity index (χ1) is 12.2. The maximum Gasteiger partial charge on any atom is 0.0352 e. The maximum atomic E-state index is 2.41. The predicted molar refractivity (Wildman–Crippen MR) is 113 cm³/mol. The van der Waals surface area contributed by atoms with E-state index in [0.29, 0.717) is 5.92 Å². The Hall–Kier alpha value is -2.08. The van der Waals surface area contributed by atoms with Crippen LogP contribution in [0.2, 0.25) is 0 Å². The topological polar surface area (TPSA) is 0 Å². The number of fused-ring (bicyclic) bond motifs is 3. The summed E-state index contributed by atoms with van der Waals surface area (Å²) < 4.78 is 0. The monoisotopic (exact) mass is 342 g/mol. The average Bonchev–Trinajstić information content (AvgIpc) is 3.17. The highest BCUT2D eigenvalue weighted by Crippen LogP contribution is 2.54. The van der Waals surface area contributed by atoms with Crippen molar-refractivity contribution in [2.75, 3.05) is 0 Å². The highest BCUT2D eigenvalue weighted by atomic mass is 14.4. The largest absolute Gasteiger partial charge is 0.0804 e. The molecule has 1 unspecified atom stereocenters. The first-order valence-corrected chi connectivity index (χ1v) is 9.83. The molecule has 4 rings (SSSR count). The van der Waals surface area contributed by atoms with E-state index in [-0.39, 0.29) is 10.8 Å². The Morgan fingerprint density at radius 1 is 0.808 bits per heavy atom. The molecular weight excluding hydrogens is 312 g/mol. The molecule has 0 radical (unpaired) electrons. The van der Waals surface area contributed by atoms with Gasteiger partial charge in [0.2, 0.25) is 0 Å². The average molecular weight is 343 g/mol. The SMILES string of the molecule is CC(C)(C)c1ccc2c(c1C(C)(C)C)C(C1=CCC=C1)c1ccccc1-2. The molecule has 2 aliphatic rings. The summed E-state index contributed by atoms with van der Waals surface area (Å²) >= 11 is 0. The number of hydrogen-bond acceptors (Lipinski definition) is 0. The van der Waals surface area contributed by atoms with Gasteiger partial charge in [0.05, 0.1) is 0 Å². The predicted octanol–water partition coefficient (Wildman–Crippen LogP) is 7.28. The molecule has 26 heavy (non-hydrogen) atoms. The summed E-state index contributed by atoms with van der Waals surface area (Å²) in [5.41, 5.74) is 10.6. The van der Waals surface area contributed by atoms with E-state index in [1.54, 1.807) is 11.1 Å². The van der Waals surface area contributed by atoms with Gasteiger partial charge in [0.1, 0.15) is 0 Å². The molecule has 0 bridgehead atoms. The minimum absolute atomic E-state index is 0.108. The summed E-state index contributed by atoms with van der Waals surface area (Å²) in [5, 5.41) is 0. The van der Waals surface area contributed by atoms with Gasteiger partial charge in [0, 0.05) is 5.92 Å². The zero-order valence-corrected chi connectivity index (χ0v) is 17.0. The zero-order valence-electron chi connectivity index (χ0n) is 17.0. The smallest absolute Gasteiger partial charge is 0.0352 e. The van der Waals surface area contributed by atoms with Crippen molar-refractivity contribution in [3.05, 3.63) is 82.5 Å². The molecule has 134 valence electrons. The molecule has 0 N–H and O–H groups in total. The molecular formula is C26H30. The van der Waals surface area contributed by atoms with Crippen LogP contribution < -0.4 is 0 Å². The molecule has 0 saturated heterocycles. The summed E-state index contributed by atoms with van der Waals surface area (Å²) in [6, 6.07) is 13.8. The van der Waals surface area contributed by atoms with Crippen molar-refractivity contribution in [1.29, 1.82) is 0 Å². The van der Waals surface area contributed by atoms with Gasteiger partial charge < -0.3 is 0 Å². The number of hydrogen-bond donors (Lipinski definition) is 0. The van der Waals surface area contributed by atoms with Crippen molar-refractivity contribution in [2.24, 2.45) is 0 Å². The molecule has 2 aliphatic carbocycles. The highest BCUT2D eigenvalue weighted by molar-refractivity contribution is 5.83. The minimum atomic E-state index is 0.108. The van der Waals surface area contributed by atoms with Gasteiger partial charge in [0.15, 0.2) is 0 Å². The molecule has 0 saturated carbocycles. The van der Waals surface area contributed by atoms with E-state index in [1.807, 2.05) is 0 Å². The lowest BCUT2D eigenvalue weighted by atomic mass is 9.70. The van der Waals surface area contributed by atoms with Crippen LogP contribution in [0.15, 0.2) is 60.2 Å². The van der Waals surface area contributed by atoms with Gasteiger partial charge in [-0.2, -0.15) is 0 Å². The quantitative estimate of drug-likeness (QED) is 0.511. The van der Waals surface area contributed by atoms with Crippen molar-refractivity contribution in [1.82, 2.24) is 0 Å². The fourth-order valence-electron chi connectivity index (χ4n) is 4.77. The molecule has 0 amide bonds. The summed E-state index contributed by atoms with van der Waals surface area (Å²) in [5.74, 6) is 0.372. The highest BCUT2D eigenvalue weighted by Gasteiger charge is 2.38. The summed E-state index contributed by atoms with van der Waals surface area (Å²) in [6.07, 6.45) is 8.10. The standard InChI is InChI=1S/C26H30/c1-25(2,3)21-16-15-20-18-13-9-10-14-19(18)22(17-11-7-8-12-17)23(20)24(21)26(4,5)6/h7,9-16,22H,8H2,1-6H3. The second-order valence-electron chi connectivity index (χ2n) is 9.81. The van der Waals surface area contributed by atoms with Crippen LogP contribution in [0.25, 0.3) is 11.1 Å². The Morgan fingerprint density at radius 2 is 1.54 bits per heavy atom. The van der Waals surface area contributed by atoms with Crippen LogP contribution in [-0.2, 0) is 10.8 Å². The van der Waals surface area contributed by atoms with Gasteiger partial charge in [-0.05, 0) is 56.2 Å². The molecule has 0 nitrogen and oxygen atoms in total. The Morgan fingerprint density at radius 3 is 2.15 bits per heavy atom. The fourth-order valence-corrected chi connectivity index (χ4v) is 4.77. The molecule has 0 heteroatoms. The van der Waals surface area contributed by atoms with E-state index in [1.165, 1.54) is 27.8 Å². The van der Waals surface area contributed by atoms with Gasteiger partial charge in [-0.15, -0.1) is 0 Å². The van der Waals surface area contributed by atoms with Gasteiger partial charge in [-0.25, -0.2) is 0 Å². The van der Waals surface area contributed by atoms with Crippen LogP contribution in [0.3, 0.4) is 0 Å². The van der Waals surface area contributed by atoms with Gasteiger partial charge in [-0.3, -0.25) is 0 Å².